The minimum atomic E-state index is 0.610. The molecular weight excluding hydrogens is 372 g/mol. The quantitative estimate of drug-likeness (QED) is 0.544. The fourth-order valence-corrected chi connectivity index (χ4v) is 4.15. The monoisotopic (exact) mass is 394 g/mol. The van der Waals surface area contributed by atoms with Crippen molar-refractivity contribution in [2.75, 3.05) is 31.1 Å². The summed E-state index contributed by atoms with van der Waals surface area (Å²) in [5.74, 6) is 0.769. The van der Waals surface area contributed by atoms with E-state index < -0.39 is 0 Å². The lowest BCUT2D eigenvalue weighted by Gasteiger charge is -2.38. The SMILES string of the molecule is CC(C)N1CCN(c2ccc3nc(-c4n[nH]c5cc(Cl)ccc45)[nH]c3c2)CC1. The average molecular weight is 395 g/mol. The molecule has 0 unspecified atom stereocenters. The molecule has 1 saturated heterocycles. The number of piperazine rings is 1. The third kappa shape index (κ3) is 3.02. The number of halogens is 1. The van der Waals surface area contributed by atoms with Crippen molar-refractivity contribution < 1.29 is 0 Å². The molecule has 7 heteroatoms. The number of anilines is 1. The summed E-state index contributed by atoms with van der Waals surface area (Å²) < 4.78 is 0. The van der Waals surface area contributed by atoms with E-state index >= 15 is 0 Å². The molecule has 2 aromatic heterocycles. The van der Waals surface area contributed by atoms with Gasteiger partial charge in [-0.25, -0.2) is 4.98 Å². The van der Waals surface area contributed by atoms with Crippen molar-refractivity contribution in [2.24, 2.45) is 0 Å². The molecule has 1 aliphatic rings. The van der Waals surface area contributed by atoms with Gasteiger partial charge in [0.2, 0.25) is 0 Å². The average Bonchev–Trinajstić information content (AvgIpc) is 3.30. The van der Waals surface area contributed by atoms with E-state index in [-0.39, 0.29) is 0 Å². The summed E-state index contributed by atoms with van der Waals surface area (Å²) in [5.41, 5.74) is 4.94. The van der Waals surface area contributed by atoms with Gasteiger partial charge in [-0.1, -0.05) is 11.6 Å². The Morgan fingerprint density at radius 3 is 2.61 bits per heavy atom. The van der Waals surface area contributed by atoms with Gasteiger partial charge in [-0.3, -0.25) is 10.00 Å². The maximum atomic E-state index is 6.08. The van der Waals surface area contributed by atoms with E-state index in [1.165, 1.54) is 5.69 Å². The molecule has 0 radical (unpaired) electrons. The fourth-order valence-electron chi connectivity index (χ4n) is 3.98. The summed E-state index contributed by atoms with van der Waals surface area (Å²) in [7, 11) is 0. The van der Waals surface area contributed by atoms with Crippen molar-refractivity contribution in [1.82, 2.24) is 25.1 Å². The number of hydrogen-bond acceptors (Lipinski definition) is 4. The first kappa shape index (κ1) is 17.5. The Balaban J connectivity index is 1.45. The molecule has 1 aliphatic heterocycles. The van der Waals surface area contributed by atoms with Crippen LogP contribution in [0.4, 0.5) is 5.69 Å². The van der Waals surface area contributed by atoms with Crippen molar-refractivity contribution in [2.45, 2.75) is 19.9 Å². The number of rotatable bonds is 3. The Morgan fingerprint density at radius 2 is 1.82 bits per heavy atom. The van der Waals surface area contributed by atoms with Crippen LogP contribution in [0.15, 0.2) is 36.4 Å². The Hall–Kier alpha value is -2.57. The van der Waals surface area contributed by atoms with Crippen LogP contribution in [0.3, 0.4) is 0 Å². The summed E-state index contributed by atoms with van der Waals surface area (Å²) in [6.45, 7) is 8.84. The number of benzene rings is 2. The normalized spacial score (nSPS) is 15.9. The molecule has 0 aliphatic carbocycles. The fraction of sp³-hybridized carbons (Fsp3) is 0.333. The van der Waals surface area contributed by atoms with Crippen LogP contribution in [0.2, 0.25) is 5.02 Å². The molecule has 5 rings (SSSR count). The molecule has 28 heavy (non-hydrogen) atoms. The lowest BCUT2D eigenvalue weighted by Crippen LogP contribution is -2.48. The highest BCUT2D eigenvalue weighted by molar-refractivity contribution is 6.31. The van der Waals surface area contributed by atoms with Crippen molar-refractivity contribution >= 4 is 39.2 Å². The van der Waals surface area contributed by atoms with Gasteiger partial charge in [0.1, 0.15) is 5.69 Å². The van der Waals surface area contributed by atoms with E-state index in [2.05, 4.69) is 57.0 Å². The summed E-state index contributed by atoms with van der Waals surface area (Å²) in [4.78, 5) is 13.2. The molecule has 0 spiro atoms. The topological polar surface area (TPSA) is 63.8 Å². The van der Waals surface area contributed by atoms with E-state index in [1.54, 1.807) is 0 Å². The smallest absolute Gasteiger partial charge is 0.159 e. The maximum Gasteiger partial charge on any atom is 0.159 e. The molecule has 0 saturated carbocycles. The van der Waals surface area contributed by atoms with Gasteiger partial charge in [0.05, 0.1) is 16.6 Å². The number of nitrogens with zero attached hydrogens (tertiary/aromatic N) is 4. The van der Waals surface area contributed by atoms with Crippen LogP contribution < -0.4 is 4.90 Å². The Kier molecular flexibility index (Phi) is 4.25. The Labute approximate surface area is 168 Å². The first-order valence-corrected chi connectivity index (χ1v) is 10.1. The summed E-state index contributed by atoms with van der Waals surface area (Å²) in [6.07, 6.45) is 0. The first-order valence-electron chi connectivity index (χ1n) is 9.71. The predicted molar refractivity (Wildman–Crippen MR) is 115 cm³/mol. The summed E-state index contributed by atoms with van der Waals surface area (Å²) >= 11 is 6.08. The number of H-pyrrole nitrogens is 2. The van der Waals surface area contributed by atoms with E-state index in [4.69, 9.17) is 16.6 Å². The molecule has 2 N–H and O–H groups in total. The zero-order valence-corrected chi connectivity index (χ0v) is 16.8. The molecule has 0 atom stereocenters. The second-order valence-corrected chi connectivity index (χ2v) is 8.10. The molecule has 6 nitrogen and oxygen atoms in total. The zero-order chi connectivity index (χ0) is 19.3. The van der Waals surface area contributed by atoms with E-state index in [9.17, 15) is 0 Å². The van der Waals surface area contributed by atoms with Gasteiger partial charge in [0.25, 0.3) is 0 Å². The predicted octanol–water partition coefficient (Wildman–Crippen LogP) is 4.29. The van der Waals surface area contributed by atoms with Gasteiger partial charge in [-0.05, 0) is 50.2 Å². The molecule has 144 valence electrons. The molecular formula is C21H23ClN6. The van der Waals surface area contributed by atoms with Crippen LogP contribution in [-0.4, -0.2) is 57.3 Å². The van der Waals surface area contributed by atoms with Crippen molar-refractivity contribution in [3.05, 3.63) is 41.4 Å². The molecule has 0 amide bonds. The van der Waals surface area contributed by atoms with Gasteiger partial charge in [-0.15, -0.1) is 0 Å². The zero-order valence-electron chi connectivity index (χ0n) is 16.0. The second-order valence-electron chi connectivity index (χ2n) is 7.67. The lowest BCUT2D eigenvalue weighted by atomic mass is 10.2. The van der Waals surface area contributed by atoms with Crippen LogP contribution in [0.1, 0.15) is 13.8 Å². The van der Waals surface area contributed by atoms with E-state index in [0.717, 1.165) is 59.6 Å². The summed E-state index contributed by atoms with van der Waals surface area (Å²) in [6, 6.07) is 12.8. The third-order valence-corrected chi connectivity index (χ3v) is 5.86. The molecule has 1 fully saturated rings. The van der Waals surface area contributed by atoms with Crippen molar-refractivity contribution in [1.29, 1.82) is 0 Å². The number of imidazole rings is 1. The summed E-state index contributed by atoms with van der Waals surface area (Å²) in [5, 5.41) is 9.18. The van der Waals surface area contributed by atoms with Crippen LogP contribution in [-0.2, 0) is 0 Å². The highest BCUT2D eigenvalue weighted by Gasteiger charge is 2.20. The largest absolute Gasteiger partial charge is 0.369 e. The Bertz CT molecular complexity index is 1140. The van der Waals surface area contributed by atoms with Crippen molar-refractivity contribution in [3.8, 4) is 11.5 Å². The first-order chi connectivity index (χ1) is 13.6. The third-order valence-electron chi connectivity index (χ3n) is 5.62. The highest BCUT2D eigenvalue weighted by atomic mass is 35.5. The lowest BCUT2D eigenvalue weighted by molar-refractivity contribution is 0.209. The van der Waals surface area contributed by atoms with Crippen LogP contribution in [0, 0.1) is 0 Å². The van der Waals surface area contributed by atoms with Crippen LogP contribution in [0.5, 0.6) is 0 Å². The second kappa shape index (κ2) is 6.79. The van der Waals surface area contributed by atoms with Crippen LogP contribution in [0.25, 0.3) is 33.5 Å². The number of aromatic amines is 2. The van der Waals surface area contributed by atoms with Gasteiger partial charge in [-0.2, -0.15) is 5.10 Å². The Morgan fingerprint density at radius 1 is 1.00 bits per heavy atom. The maximum absolute atomic E-state index is 6.08. The standard InChI is InChI=1S/C21H23ClN6/c1-13(2)27-7-9-28(10-8-27)15-4-6-17-19(12-15)24-21(23-17)20-16-5-3-14(22)11-18(16)25-26-20/h3-6,11-13H,7-10H2,1-2H3,(H,23,24)(H,25,26). The minimum absolute atomic E-state index is 0.610. The van der Waals surface area contributed by atoms with E-state index in [1.807, 2.05) is 18.2 Å². The number of nitrogens with one attached hydrogen (secondary N) is 2. The van der Waals surface area contributed by atoms with Gasteiger partial charge >= 0.3 is 0 Å². The van der Waals surface area contributed by atoms with Gasteiger partial charge < -0.3 is 9.88 Å². The molecule has 3 heterocycles. The highest BCUT2D eigenvalue weighted by Crippen LogP contribution is 2.29. The molecule has 4 aromatic rings. The number of hydrogen-bond donors (Lipinski definition) is 2. The number of aromatic nitrogens is 4. The van der Waals surface area contributed by atoms with Crippen LogP contribution >= 0.6 is 11.6 Å². The molecule has 0 bridgehead atoms. The number of fused-ring (bicyclic) bond motifs is 2. The molecule has 2 aromatic carbocycles. The van der Waals surface area contributed by atoms with E-state index in [0.29, 0.717) is 11.1 Å². The van der Waals surface area contributed by atoms with Gasteiger partial charge in [0, 0.05) is 48.3 Å². The minimum Gasteiger partial charge on any atom is -0.369 e. The van der Waals surface area contributed by atoms with Crippen molar-refractivity contribution in [3.63, 3.8) is 0 Å². The van der Waals surface area contributed by atoms with Gasteiger partial charge in [0.15, 0.2) is 5.82 Å².